The van der Waals surface area contributed by atoms with E-state index in [2.05, 4.69) is 46.8 Å². The Labute approximate surface area is 144 Å². The summed E-state index contributed by atoms with van der Waals surface area (Å²) in [6, 6.07) is 18.5. The number of nitrogens with one attached hydrogen (secondary N) is 2. The third-order valence-corrected chi connectivity index (χ3v) is 4.18. The largest absolute Gasteiger partial charge is 0.396 e. The van der Waals surface area contributed by atoms with Gasteiger partial charge in [0.15, 0.2) is 5.96 Å². The third kappa shape index (κ3) is 5.10. The topological polar surface area (TPSA) is 56.7 Å². The van der Waals surface area contributed by atoms with Crippen molar-refractivity contribution < 1.29 is 5.11 Å². The second kappa shape index (κ2) is 9.73. The molecule has 1 atom stereocenters. The van der Waals surface area contributed by atoms with E-state index in [0.717, 1.165) is 24.5 Å². The van der Waals surface area contributed by atoms with E-state index >= 15 is 0 Å². The first-order chi connectivity index (χ1) is 11.8. The Kier molecular flexibility index (Phi) is 7.30. The molecule has 3 N–H and O–H groups in total. The van der Waals surface area contributed by atoms with Crippen LogP contribution >= 0.6 is 0 Å². The molecule has 2 rings (SSSR count). The smallest absolute Gasteiger partial charge is 0.191 e. The molecule has 0 bridgehead atoms. The van der Waals surface area contributed by atoms with Crippen LogP contribution in [0.15, 0.2) is 59.6 Å². The van der Waals surface area contributed by atoms with Crippen LogP contribution in [-0.2, 0) is 13.0 Å². The van der Waals surface area contributed by atoms with Crippen LogP contribution in [0.2, 0.25) is 0 Å². The molecule has 1 unspecified atom stereocenters. The van der Waals surface area contributed by atoms with Gasteiger partial charge in [-0.15, -0.1) is 0 Å². The van der Waals surface area contributed by atoms with Crippen molar-refractivity contribution in [1.29, 1.82) is 0 Å². The van der Waals surface area contributed by atoms with E-state index in [0.29, 0.717) is 6.54 Å². The van der Waals surface area contributed by atoms with Gasteiger partial charge in [0.2, 0.25) is 0 Å². The molecule has 0 heterocycles. The lowest BCUT2D eigenvalue weighted by Crippen LogP contribution is -2.39. The number of aliphatic imine (C=N–C) groups is 1. The van der Waals surface area contributed by atoms with E-state index < -0.39 is 0 Å². The molecule has 0 aliphatic heterocycles. The van der Waals surface area contributed by atoms with Crippen molar-refractivity contribution >= 4 is 5.96 Å². The summed E-state index contributed by atoms with van der Waals surface area (Å²) >= 11 is 0. The third-order valence-electron chi connectivity index (χ3n) is 4.18. The van der Waals surface area contributed by atoms with Crippen molar-refractivity contribution in [2.45, 2.75) is 25.8 Å². The summed E-state index contributed by atoms with van der Waals surface area (Å²) in [6.07, 6.45) is 1.02. The Morgan fingerprint density at radius 1 is 1.00 bits per heavy atom. The minimum Gasteiger partial charge on any atom is -0.396 e. The summed E-state index contributed by atoms with van der Waals surface area (Å²) in [5, 5.41) is 16.3. The quantitative estimate of drug-likeness (QED) is 0.542. The maximum Gasteiger partial charge on any atom is 0.191 e. The van der Waals surface area contributed by atoms with E-state index in [-0.39, 0.29) is 12.5 Å². The summed E-state index contributed by atoms with van der Waals surface area (Å²) in [5.41, 5.74) is 3.75. The van der Waals surface area contributed by atoms with Crippen LogP contribution < -0.4 is 10.6 Å². The van der Waals surface area contributed by atoms with E-state index in [9.17, 15) is 5.11 Å². The average Bonchev–Trinajstić information content (AvgIpc) is 2.65. The summed E-state index contributed by atoms with van der Waals surface area (Å²) in [7, 11) is 1.76. The van der Waals surface area contributed by atoms with Gasteiger partial charge >= 0.3 is 0 Å². The van der Waals surface area contributed by atoms with Gasteiger partial charge in [-0.25, -0.2) is 0 Å². The first-order valence-electron chi connectivity index (χ1n) is 8.45. The van der Waals surface area contributed by atoms with Gasteiger partial charge in [0.1, 0.15) is 0 Å². The number of hydrogen-bond acceptors (Lipinski definition) is 2. The first kappa shape index (κ1) is 18.0. The van der Waals surface area contributed by atoms with Gasteiger partial charge in [0.05, 0.1) is 6.61 Å². The molecule has 0 fully saturated rings. The van der Waals surface area contributed by atoms with E-state index in [1.54, 1.807) is 7.05 Å². The Morgan fingerprint density at radius 3 is 2.29 bits per heavy atom. The summed E-state index contributed by atoms with van der Waals surface area (Å²) in [4.78, 5) is 4.27. The maximum absolute atomic E-state index is 9.64. The van der Waals surface area contributed by atoms with Gasteiger partial charge in [0, 0.05) is 26.1 Å². The number of guanidine groups is 1. The Balaban J connectivity index is 1.90. The zero-order valence-electron chi connectivity index (χ0n) is 14.5. The van der Waals surface area contributed by atoms with Gasteiger partial charge in [-0.3, -0.25) is 4.99 Å². The highest BCUT2D eigenvalue weighted by atomic mass is 16.3. The van der Waals surface area contributed by atoms with Crippen molar-refractivity contribution in [3.8, 4) is 0 Å². The highest BCUT2D eigenvalue weighted by Gasteiger charge is 2.11. The molecule has 0 amide bonds. The highest BCUT2D eigenvalue weighted by Crippen LogP contribution is 2.13. The zero-order valence-corrected chi connectivity index (χ0v) is 14.5. The lowest BCUT2D eigenvalue weighted by Gasteiger charge is -2.18. The monoisotopic (exact) mass is 325 g/mol. The van der Waals surface area contributed by atoms with Crippen molar-refractivity contribution in [2.24, 2.45) is 4.99 Å². The number of aliphatic hydroxyl groups is 1. The van der Waals surface area contributed by atoms with Gasteiger partial charge < -0.3 is 15.7 Å². The molecule has 4 nitrogen and oxygen atoms in total. The fourth-order valence-corrected chi connectivity index (χ4v) is 2.71. The Hall–Kier alpha value is -2.33. The van der Waals surface area contributed by atoms with Crippen LogP contribution in [-0.4, -0.2) is 31.3 Å². The summed E-state index contributed by atoms with van der Waals surface area (Å²) in [6.45, 7) is 3.64. The lowest BCUT2D eigenvalue weighted by atomic mass is 10.0. The molecule has 128 valence electrons. The molecular weight excluding hydrogens is 298 g/mol. The van der Waals surface area contributed by atoms with Crippen LogP contribution in [0.1, 0.15) is 29.5 Å². The van der Waals surface area contributed by atoms with Crippen molar-refractivity contribution in [3.63, 3.8) is 0 Å². The SMILES string of the molecule is CCc1ccccc1CNC(=NC)NCC(CO)c1ccccc1. The normalized spacial score (nSPS) is 12.7. The minimum absolute atomic E-state index is 0.0488. The van der Waals surface area contributed by atoms with Crippen molar-refractivity contribution in [3.05, 3.63) is 71.3 Å². The summed E-state index contributed by atoms with van der Waals surface area (Å²) < 4.78 is 0. The van der Waals surface area contributed by atoms with E-state index in [4.69, 9.17) is 0 Å². The Bertz CT molecular complexity index is 640. The van der Waals surface area contributed by atoms with Gasteiger partial charge in [-0.2, -0.15) is 0 Å². The predicted molar refractivity (Wildman–Crippen MR) is 100 cm³/mol. The molecule has 0 spiro atoms. The van der Waals surface area contributed by atoms with Gasteiger partial charge in [-0.1, -0.05) is 61.5 Å². The number of aliphatic hydroxyl groups excluding tert-OH is 1. The molecule has 2 aromatic carbocycles. The standard InChI is InChI=1S/C20H27N3O/c1-3-16-9-7-8-12-18(16)13-22-20(21-2)23-14-19(15-24)17-10-5-4-6-11-17/h4-12,19,24H,3,13-15H2,1-2H3,(H2,21,22,23). The van der Waals surface area contributed by atoms with Crippen molar-refractivity contribution in [2.75, 3.05) is 20.2 Å². The number of nitrogens with zero attached hydrogens (tertiary/aromatic N) is 1. The van der Waals surface area contributed by atoms with Crippen LogP contribution in [0, 0.1) is 0 Å². The fourth-order valence-electron chi connectivity index (χ4n) is 2.71. The molecule has 4 heteroatoms. The summed E-state index contributed by atoms with van der Waals surface area (Å²) in [5.74, 6) is 0.794. The van der Waals surface area contributed by atoms with Crippen LogP contribution in [0.3, 0.4) is 0 Å². The Morgan fingerprint density at radius 2 is 1.67 bits per heavy atom. The molecular formula is C20H27N3O. The maximum atomic E-state index is 9.64. The molecule has 24 heavy (non-hydrogen) atoms. The van der Waals surface area contributed by atoms with Gasteiger partial charge in [0.25, 0.3) is 0 Å². The second-order valence-corrected chi connectivity index (χ2v) is 5.72. The van der Waals surface area contributed by atoms with Gasteiger partial charge in [-0.05, 0) is 23.1 Å². The number of benzene rings is 2. The van der Waals surface area contributed by atoms with Crippen molar-refractivity contribution in [1.82, 2.24) is 10.6 Å². The lowest BCUT2D eigenvalue weighted by molar-refractivity contribution is 0.265. The fraction of sp³-hybridized carbons (Fsp3) is 0.350. The molecule has 2 aromatic rings. The van der Waals surface area contributed by atoms with Crippen LogP contribution in [0.4, 0.5) is 0 Å². The highest BCUT2D eigenvalue weighted by molar-refractivity contribution is 5.79. The molecule has 0 aliphatic rings. The van der Waals surface area contributed by atoms with E-state index in [1.165, 1.54) is 11.1 Å². The van der Waals surface area contributed by atoms with Crippen LogP contribution in [0.5, 0.6) is 0 Å². The predicted octanol–water partition coefficient (Wildman–Crippen LogP) is 2.69. The number of rotatable bonds is 7. The second-order valence-electron chi connectivity index (χ2n) is 5.72. The number of hydrogen-bond donors (Lipinski definition) is 3. The zero-order chi connectivity index (χ0) is 17.2. The van der Waals surface area contributed by atoms with Crippen LogP contribution in [0.25, 0.3) is 0 Å². The van der Waals surface area contributed by atoms with E-state index in [1.807, 2.05) is 30.3 Å². The number of aryl methyl sites for hydroxylation is 1. The average molecular weight is 325 g/mol. The molecule has 0 saturated carbocycles. The minimum atomic E-state index is 0.0488. The first-order valence-corrected chi connectivity index (χ1v) is 8.45. The molecule has 0 radical (unpaired) electrons. The molecule has 0 aliphatic carbocycles. The molecule has 0 aromatic heterocycles. The molecule has 0 saturated heterocycles.